The molecular weight excluding hydrogens is 216 g/mol. The first-order chi connectivity index (χ1) is 8.16. The lowest BCUT2D eigenvalue weighted by Gasteiger charge is -2.04. The van der Waals surface area contributed by atoms with Crippen LogP contribution in [0.3, 0.4) is 0 Å². The number of hydrogen-bond donors (Lipinski definition) is 3. The molecule has 0 atom stereocenters. The molecule has 0 aliphatic rings. The van der Waals surface area contributed by atoms with Gasteiger partial charge in [-0.2, -0.15) is 5.10 Å². The maximum Gasteiger partial charge on any atom is 0.271 e. The molecule has 0 saturated heterocycles. The van der Waals surface area contributed by atoms with Gasteiger partial charge in [0.1, 0.15) is 5.69 Å². The number of hydrogen-bond acceptors (Lipinski definition) is 3. The minimum atomic E-state index is -0.249. The van der Waals surface area contributed by atoms with Crippen molar-refractivity contribution in [3.05, 3.63) is 47.3 Å². The smallest absolute Gasteiger partial charge is 0.271 e. The predicted molar refractivity (Wildman–Crippen MR) is 65.3 cm³/mol. The van der Waals surface area contributed by atoms with Gasteiger partial charge in [-0.1, -0.05) is 29.8 Å². The highest BCUT2D eigenvalue weighted by Gasteiger charge is 2.10. The van der Waals surface area contributed by atoms with Crippen LogP contribution in [0.5, 0.6) is 0 Å². The quantitative estimate of drug-likeness (QED) is 0.741. The summed E-state index contributed by atoms with van der Waals surface area (Å²) in [5.74, 6) is -0.249. The van der Waals surface area contributed by atoms with E-state index in [9.17, 15) is 4.79 Å². The molecule has 0 fully saturated rings. The fraction of sp³-hybridized carbons (Fsp3) is 0.167. The second kappa shape index (κ2) is 4.69. The van der Waals surface area contributed by atoms with Crippen molar-refractivity contribution in [2.24, 2.45) is 0 Å². The Hall–Kier alpha value is -2.30. The Morgan fingerprint density at radius 3 is 2.71 bits per heavy atom. The van der Waals surface area contributed by atoms with E-state index in [4.69, 9.17) is 5.73 Å². The largest absolute Gasteiger partial charge is 0.396 e. The third kappa shape index (κ3) is 2.63. The molecule has 0 radical (unpaired) electrons. The molecule has 2 aromatic rings. The Labute approximate surface area is 99.0 Å². The first-order valence-corrected chi connectivity index (χ1v) is 5.29. The zero-order valence-electron chi connectivity index (χ0n) is 9.53. The third-order valence-electron chi connectivity index (χ3n) is 2.47. The van der Waals surface area contributed by atoms with E-state index < -0.39 is 0 Å². The number of aromatic nitrogens is 2. The van der Waals surface area contributed by atoms with Gasteiger partial charge in [-0.3, -0.25) is 9.89 Å². The number of aryl methyl sites for hydroxylation is 1. The van der Waals surface area contributed by atoms with E-state index in [1.165, 1.54) is 11.8 Å². The van der Waals surface area contributed by atoms with E-state index in [2.05, 4.69) is 15.5 Å². The first kappa shape index (κ1) is 11.2. The maximum absolute atomic E-state index is 11.7. The lowest BCUT2D eigenvalue weighted by Crippen LogP contribution is -2.24. The summed E-state index contributed by atoms with van der Waals surface area (Å²) in [4.78, 5) is 11.7. The molecule has 88 valence electrons. The van der Waals surface area contributed by atoms with Gasteiger partial charge in [0, 0.05) is 6.54 Å². The number of amides is 1. The summed E-state index contributed by atoms with van der Waals surface area (Å²) in [6, 6.07) is 7.97. The van der Waals surface area contributed by atoms with Crippen molar-refractivity contribution in [3.8, 4) is 0 Å². The molecule has 17 heavy (non-hydrogen) atoms. The average Bonchev–Trinajstić information content (AvgIpc) is 2.74. The molecule has 0 aliphatic carbocycles. The normalized spacial score (nSPS) is 10.2. The number of nitrogen functional groups attached to an aromatic ring is 1. The fourth-order valence-electron chi connectivity index (χ4n) is 1.45. The van der Waals surface area contributed by atoms with Crippen LogP contribution in [0.15, 0.2) is 30.5 Å². The SMILES string of the molecule is Cc1ccc(CNC(=O)c2[nH]ncc2N)cc1. The van der Waals surface area contributed by atoms with Gasteiger partial charge >= 0.3 is 0 Å². The van der Waals surface area contributed by atoms with E-state index in [1.807, 2.05) is 31.2 Å². The van der Waals surface area contributed by atoms with Gasteiger partial charge in [-0.05, 0) is 12.5 Å². The number of nitrogens with two attached hydrogens (primary N) is 1. The van der Waals surface area contributed by atoms with Gasteiger partial charge in [0.15, 0.2) is 0 Å². The Kier molecular flexibility index (Phi) is 3.09. The van der Waals surface area contributed by atoms with Gasteiger partial charge in [-0.15, -0.1) is 0 Å². The third-order valence-corrected chi connectivity index (χ3v) is 2.47. The van der Waals surface area contributed by atoms with Gasteiger partial charge in [0.05, 0.1) is 11.9 Å². The van der Waals surface area contributed by atoms with Crippen LogP contribution < -0.4 is 11.1 Å². The molecule has 4 N–H and O–H groups in total. The van der Waals surface area contributed by atoms with Crippen LogP contribution in [0.1, 0.15) is 21.6 Å². The average molecular weight is 230 g/mol. The molecular formula is C12H14N4O. The summed E-state index contributed by atoms with van der Waals surface area (Å²) in [7, 11) is 0. The van der Waals surface area contributed by atoms with Crippen LogP contribution in [-0.4, -0.2) is 16.1 Å². The van der Waals surface area contributed by atoms with Gasteiger partial charge in [-0.25, -0.2) is 0 Å². The minimum absolute atomic E-state index is 0.249. The summed E-state index contributed by atoms with van der Waals surface area (Å²) < 4.78 is 0. The second-order valence-electron chi connectivity index (χ2n) is 3.87. The zero-order chi connectivity index (χ0) is 12.3. The van der Waals surface area contributed by atoms with E-state index in [-0.39, 0.29) is 5.91 Å². The molecule has 1 aromatic heterocycles. The van der Waals surface area contributed by atoms with E-state index in [1.54, 1.807) is 0 Å². The monoisotopic (exact) mass is 230 g/mol. The number of aromatic amines is 1. The summed E-state index contributed by atoms with van der Waals surface area (Å²) in [6.07, 6.45) is 1.42. The number of rotatable bonds is 3. The minimum Gasteiger partial charge on any atom is -0.396 e. The van der Waals surface area contributed by atoms with Crippen LogP contribution in [0, 0.1) is 6.92 Å². The summed E-state index contributed by atoms with van der Waals surface area (Å²) in [6.45, 7) is 2.49. The molecule has 0 aliphatic heterocycles. The van der Waals surface area contributed by atoms with Crippen LogP contribution >= 0.6 is 0 Å². The molecule has 0 bridgehead atoms. The van der Waals surface area contributed by atoms with E-state index >= 15 is 0 Å². The van der Waals surface area contributed by atoms with Crippen LogP contribution in [0.25, 0.3) is 0 Å². The van der Waals surface area contributed by atoms with Crippen molar-refractivity contribution >= 4 is 11.6 Å². The van der Waals surface area contributed by atoms with Gasteiger partial charge in [0.25, 0.3) is 5.91 Å². The highest BCUT2D eigenvalue weighted by molar-refractivity contribution is 5.96. The number of anilines is 1. The highest BCUT2D eigenvalue weighted by Crippen LogP contribution is 2.06. The summed E-state index contributed by atoms with van der Waals surface area (Å²) in [5.41, 5.74) is 8.47. The molecule has 1 heterocycles. The Morgan fingerprint density at radius 1 is 1.41 bits per heavy atom. The molecule has 2 rings (SSSR count). The Bertz CT molecular complexity index is 516. The predicted octanol–water partition coefficient (Wildman–Crippen LogP) is 1.23. The molecule has 1 aromatic carbocycles. The van der Waals surface area contributed by atoms with Crippen molar-refractivity contribution in [2.45, 2.75) is 13.5 Å². The van der Waals surface area contributed by atoms with Crippen molar-refractivity contribution < 1.29 is 4.79 Å². The van der Waals surface area contributed by atoms with Crippen molar-refractivity contribution in [1.29, 1.82) is 0 Å². The van der Waals surface area contributed by atoms with Gasteiger partial charge in [0.2, 0.25) is 0 Å². The zero-order valence-corrected chi connectivity index (χ0v) is 9.53. The molecule has 0 unspecified atom stereocenters. The van der Waals surface area contributed by atoms with Crippen molar-refractivity contribution in [2.75, 3.05) is 5.73 Å². The standard InChI is InChI=1S/C12H14N4O/c1-8-2-4-9(5-3-8)6-14-12(17)11-10(13)7-15-16-11/h2-5,7H,6,13H2,1H3,(H,14,17)(H,15,16). The number of nitrogens with zero attached hydrogens (tertiary/aromatic N) is 1. The molecule has 0 saturated carbocycles. The molecule has 1 amide bonds. The van der Waals surface area contributed by atoms with E-state index in [0.717, 1.165) is 5.56 Å². The topological polar surface area (TPSA) is 83.8 Å². The lowest BCUT2D eigenvalue weighted by molar-refractivity contribution is 0.0947. The summed E-state index contributed by atoms with van der Waals surface area (Å²) in [5, 5.41) is 9.03. The van der Waals surface area contributed by atoms with E-state index in [0.29, 0.717) is 17.9 Å². The number of carbonyl (C=O) groups excluding carboxylic acids is 1. The second-order valence-corrected chi connectivity index (χ2v) is 3.87. The number of nitrogens with one attached hydrogen (secondary N) is 2. The van der Waals surface area contributed by atoms with Gasteiger partial charge < -0.3 is 11.1 Å². The fourth-order valence-corrected chi connectivity index (χ4v) is 1.45. The maximum atomic E-state index is 11.7. The molecule has 5 heteroatoms. The van der Waals surface area contributed by atoms with Crippen molar-refractivity contribution in [3.63, 3.8) is 0 Å². The number of benzene rings is 1. The summed E-state index contributed by atoms with van der Waals surface area (Å²) >= 11 is 0. The molecule has 0 spiro atoms. The highest BCUT2D eigenvalue weighted by atomic mass is 16.1. The lowest BCUT2D eigenvalue weighted by atomic mass is 10.1. The van der Waals surface area contributed by atoms with Crippen molar-refractivity contribution in [1.82, 2.24) is 15.5 Å². The first-order valence-electron chi connectivity index (χ1n) is 5.29. The van der Waals surface area contributed by atoms with Crippen LogP contribution in [-0.2, 0) is 6.54 Å². The van der Waals surface area contributed by atoms with Crippen LogP contribution in [0.2, 0.25) is 0 Å². The Balaban J connectivity index is 1.97. The molecule has 5 nitrogen and oxygen atoms in total. The number of H-pyrrole nitrogens is 1. The van der Waals surface area contributed by atoms with Crippen LogP contribution in [0.4, 0.5) is 5.69 Å². The number of carbonyl (C=O) groups is 1. The Morgan fingerprint density at radius 2 is 2.12 bits per heavy atom.